The van der Waals surface area contributed by atoms with Crippen molar-refractivity contribution in [2.75, 3.05) is 13.2 Å². The summed E-state index contributed by atoms with van der Waals surface area (Å²) in [6.07, 6.45) is 1.58. The lowest BCUT2D eigenvalue weighted by Crippen LogP contribution is -2.10. The van der Waals surface area contributed by atoms with E-state index in [-0.39, 0.29) is 12.0 Å². The predicted molar refractivity (Wildman–Crippen MR) is 128 cm³/mol. The van der Waals surface area contributed by atoms with Gasteiger partial charge in [-0.3, -0.25) is 4.79 Å². The van der Waals surface area contributed by atoms with Gasteiger partial charge < -0.3 is 14.2 Å². The molecule has 1 aromatic heterocycles. The van der Waals surface area contributed by atoms with E-state index < -0.39 is 11.9 Å². The highest BCUT2D eigenvalue weighted by Crippen LogP contribution is 2.25. The fourth-order valence-corrected chi connectivity index (χ4v) is 4.24. The highest BCUT2D eigenvalue weighted by molar-refractivity contribution is 7.24. The summed E-state index contributed by atoms with van der Waals surface area (Å²) < 4.78 is 17.7. The molecule has 0 unspecified atom stereocenters. The minimum atomic E-state index is -0.530. The van der Waals surface area contributed by atoms with Crippen LogP contribution < -0.4 is 14.9 Å². The Morgan fingerprint density at radius 2 is 1.61 bits per heavy atom. The number of hydrogen-bond donors (Lipinski definition) is 0. The molecule has 0 spiro atoms. The molecule has 0 N–H and O–H groups in total. The van der Waals surface area contributed by atoms with E-state index in [1.54, 1.807) is 48.5 Å². The highest BCUT2D eigenvalue weighted by atomic mass is 32.1. The third-order valence-electron chi connectivity index (χ3n) is 4.81. The average Bonchev–Trinajstić information content (AvgIpc) is 2.84. The molecule has 0 atom stereocenters. The Balaban J connectivity index is 1.30. The first-order chi connectivity index (χ1) is 16.0. The van der Waals surface area contributed by atoms with Gasteiger partial charge in [-0.15, -0.1) is 11.3 Å². The third-order valence-corrected chi connectivity index (χ3v) is 5.96. The number of hydrogen-bond acceptors (Lipinski definition) is 7. The van der Waals surface area contributed by atoms with Gasteiger partial charge in [-0.2, -0.15) is 0 Å². The van der Waals surface area contributed by atoms with Gasteiger partial charge in [-0.25, -0.2) is 9.59 Å². The lowest BCUT2D eigenvalue weighted by molar-refractivity contribution is -0.128. The number of carbonyl (C=O) groups excluding carboxylic acids is 2. The lowest BCUT2D eigenvalue weighted by atomic mass is 10.1. The summed E-state index contributed by atoms with van der Waals surface area (Å²) in [6.45, 7) is 3.86. The molecule has 0 aliphatic heterocycles. The molecule has 4 aromatic rings. The maximum absolute atomic E-state index is 12.8. The molecule has 6 nitrogen and oxygen atoms in total. The van der Waals surface area contributed by atoms with Gasteiger partial charge in [0.2, 0.25) is 0 Å². The van der Waals surface area contributed by atoms with E-state index in [1.807, 2.05) is 18.2 Å². The first kappa shape index (κ1) is 22.2. The summed E-state index contributed by atoms with van der Waals surface area (Å²) in [5, 5.41) is 1.16. The fourth-order valence-electron chi connectivity index (χ4n) is 3.19. The number of carbonyl (C=O) groups is 2. The van der Waals surface area contributed by atoms with Crippen LogP contribution >= 0.6 is 11.3 Å². The van der Waals surface area contributed by atoms with Crippen LogP contribution in [0, 0.1) is 0 Å². The summed E-state index contributed by atoms with van der Waals surface area (Å²) in [4.78, 5) is 36.4. The van der Waals surface area contributed by atoms with Crippen molar-refractivity contribution in [1.82, 2.24) is 0 Å². The molecule has 1 heterocycles. The Labute approximate surface area is 193 Å². The zero-order valence-corrected chi connectivity index (χ0v) is 18.4. The van der Waals surface area contributed by atoms with Crippen molar-refractivity contribution in [3.63, 3.8) is 0 Å². The lowest BCUT2D eigenvalue weighted by Gasteiger charge is -2.08. The molecule has 0 amide bonds. The molecule has 0 radical (unpaired) electrons. The Hall–Kier alpha value is -3.97. The quantitative estimate of drug-likeness (QED) is 0.119. The Kier molecular flexibility index (Phi) is 6.80. The van der Waals surface area contributed by atoms with Crippen molar-refractivity contribution >= 4 is 43.4 Å². The molecule has 0 saturated heterocycles. The number of benzene rings is 3. The number of rotatable bonds is 8. The van der Waals surface area contributed by atoms with Gasteiger partial charge in [-0.05, 0) is 54.6 Å². The van der Waals surface area contributed by atoms with Crippen LogP contribution in [-0.2, 0) is 9.53 Å². The monoisotopic (exact) mass is 460 g/mol. The van der Waals surface area contributed by atoms with Crippen LogP contribution in [0.2, 0.25) is 0 Å². The SMILES string of the molecule is C=CC(=O)Oc1ccc(OCCCOC(=O)c2ccc3sc4ccccc4c(=O)c3c2)cc1. The van der Waals surface area contributed by atoms with Crippen LogP contribution in [0.4, 0.5) is 0 Å². The Bertz CT molecular complexity index is 1390. The number of ether oxygens (including phenoxy) is 3. The maximum atomic E-state index is 12.8. The standard InChI is InChI=1S/C26H20O6S/c1-2-24(27)32-19-11-9-18(10-12-19)30-14-5-15-31-26(29)17-8-13-23-21(16-17)25(28)20-6-3-4-7-22(20)33-23/h2-4,6-13,16H,1,5,14-15H2. The summed E-state index contributed by atoms with van der Waals surface area (Å²) in [6, 6.07) is 19.1. The molecular weight excluding hydrogens is 440 g/mol. The van der Waals surface area contributed by atoms with Crippen LogP contribution in [0.5, 0.6) is 11.5 Å². The van der Waals surface area contributed by atoms with Crippen molar-refractivity contribution in [3.8, 4) is 11.5 Å². The van der Waals surface area contributed by atoms with E-state index in [2.05, 4.69) is 6.58 Å². The zero-order chi connectivity index (χ0) is 23.2. The second kappa shape index (κ2) is 10.1. The normalized spacial score (nSPS) is 10.7. The van der Waals surface area contributed by atoms with Crippen molar-refractivity contribution in [3.05, 3.63) is 95.2 Å². The molecule has 0 aliphatic carbocycles. The Morgan fingerprint density at radius 1 is 0.879 bits per heavy atom. The molecule has 166 valence electrons. The second-order valence-corrected chi connectivity index (χ2v) is 8.16. The molecular formula is C26H20O6S. The van der Waals surface area contributed by atoms with Crippen LogP contribution in [-0.4, -0.2) is 25.2 Å². The van der Waals surface area contributed by atoms with Gasteiger partial charge >= 0.3 is 11.9 Å². The summed E-state index contributed by atoms with van der Waals surface area (Å²) in [7, 11) is 0. The maximum Gasteiger partial charge on any atom is 0.338 e. The van der Waals surface area contributed by atoms with Gasteiger partial charge in [0.15, 0.2) is 5.43 Å². The van der Waals surface area contributed by atoms with Crippen molar-refractivity contribution in [1.29, 1.82) is 0 Å². The van der Waals surface area contributed by atoms with Gasteiger partial charge in [0.25, 0.3) is 0 Å². The molecule has 33 heavy (non-hydrogen) atoms. The van der Waals surface area contributed by atoms with E-state index in [0.717, 1.165) is 15.5 Å². The van der Waals surface area contributed by atoms with Crippen molar-refractivity contribution in [2.45, 2.75) is 6.42 Å². The van der Waals surface area contributed by atoms with Crippen LogP contribution in [0.15, 0.2) is 84.2 Å². The summed E-state index contributed by atoms with van der Waals surface area (Å²) in [5.41, 5.74) is 0.250. The number of fused-ring (bicyclic) bond motifs is 2. The van der Waals surface area contributed by atoms with E-state index in [0.29, 0.717) is 40.9 Å². The summed E-state index contributed by atoms with van der Waals surface area (Å²) >= 11 is 1.52. The smallest absolute Gasteiger partial charge is 0.338 e. The minimum Gasteiger partial charge on any atom is -0.493 e. The van der Waals surface area contributed by atoms with E-state index in [9.17, 15) is 14.4 Å². The van der Waals surface area contributed by atoms with Gasteiger partial charge in [0.1, 0.15) is 11.5 Å². The molecule has 0 saturated carbocycles. The van der Waals surface area contributed by atoms with Crippen molar-refractivity contribution < 1.29 is 23.8 Å². The van der Waals surface area contributed by atoms with Crippen LogP contribution in [0.3, 0.4) is 0 Å². The fraction of sp³-hybridized carbons (Fsp3) is 0.115. The average molecular weight is 461 g/mol. The van der Waals surface area contributed by atoms with E-state index in [4.69, 9.17) is 14.2 Å². The van der Waals surface area contributed by atoms with E-state index in [1.165, 1.54) is 11.3 Å². The highest BCUT2D eigenvalue weighted by Gasteiger charge is 2.12. The van der Waals surface area contributed by atoms with Gasteiger partial charge in [0, 0.05) is 32.7 Å². The number of esters is 2. The first-order valence-electron chi connectivity index (χ1n) is 10.2. The van der Waals surface area contributed by atoms with Gasteiger partial charge in [0.05, 0.1) is 18.8 Å². The molecule has 0 aliphatic rings. The van der Waals surface area contributed by atoms with Gasteiger partial charge in [-0.1, -0.05) is 18.7 Å². The third kappa shape index (κ3) is 5.27. The Morgan fingerprint density at radius 3 is 2.39 bits per heavy atom. The molecule has 3 aromatic carbocycles. The zero-order valence-electron chi connectivity index (χ0n) is 17.6. The molecule has 4 rings (SSSR count). The molecule has 0 bridgehead atoms. The predicted octanol–water partition coefficient (Wildman–Crippen LogP) is 5.13. The summed E-state index contributed by atoms with van der Waals surface area (Å²) in [5.74, 6) is -0.0162. The molecule has 7 heteroatoms. The minimum absolute atomic E-state index is 0.0901. The largest absolute Gasteiger partial charge is 0.493 e. The van der Waals surface area contributed by atoms with E-state index >= 15 is 0 Å². The first-order valence-corrected chi connectivity index (χ1v) is 11.1. The van der Waals surface area contributed by atoms with Crippen molar-refractivity contribution in [2.24, 2.45) is 0 Å². The second-order valence-electron chi connectivity index (χ2n) is 7.07. The topological polar surface area (TPSA) is 78.9 Å². The van der Waals surface area contributed by atoms with Crippen LogP contribution in [0.25, 0.3) is 20.2 Å². The van der Waals surface area contributed by atoms with Crippen LogP contribution in [0.1, 0.15) is 16.8 Å². The molecule has 0 fully saturated rings.